The fourth-order valence-electron chi connectivity index (χ4n) is 2.91. The van der Waals surface area contributed by atoms with E-state index in [0.29, 0.717) is 33.6 Å². The van der Waals surface area contributed by atoms with Crippen molar-refractivity contribution in [3.63, 3.8) is 0 Å². The van der Waals surface area contributed by atoms with Crippen molar-refractivity contribution in [3.8, 4) is 11.5 Å². The number of aromatic nitrogens is 2. The minimum absolute atomic E-state index is 0.119. The molecule has 1 heterocycles. The summed E-state index contributed by atoms with van der Waals surface area (Å²) in [4.78, 5) is 27.2. The zero-order valence-electron chi connectivity index (χ0n) is 18.8. The van der Waals surface area contributed by atoms with Crippen LogP contribution in [-0.2, 0) is 11.3 Å². The summed E-state index contributed by atoms with van der Waals surface area (Å²) in [6.45, 7) is 9.47. The van der Waals surface area contributed by atoms with Gasteiger partial charge in [-0.1, -0.05) is 50.6 Å². The second kappa shape index (κ2) is 9.53. The lowest BCUT2D eigenvalue weighted by Gasteiger charge is -2.25. The Kier molecular flexibility index (Phi) is 6.99. The quantitative estimate of drug-likeness (QED) is 0.536. The molecule has 0 saturated carbocycles. The van der Waals surface area contributed by atoms with Gasteiger partial charge < -0.3 is 14.6 Å². The van der Waals surface area contributed by atoms with Crippen molar-refractivity contribution in [2.75, 3.05) is 5.32 Å². The molecular weight excluding hydrogens is 428 g/mol. The van der Waals surface area contributed by atoms with Crippen LogP contribution in [0.2, 0.25) is 5.02 Å². The molecule has 3 rings (SSSR count). The molecule has 1 aromatic heterocycles. The highest BCUT2D eigenvalue weighted by molar-refractivity contribution is 6.33. The first-order chi connectivity index (χ1) is 15.1. The highest BCUT2D eigenvalue weighted by atomic mass is 35.5. The summed E-state index contributed by atoms with van der Waals surface area (Å²) < 4.78 is 5.77. The van der Waals surface area contributed by atoms with Crippen molar-refractivity contribution in [2.24, 2.45) is 5.41 Å². The molecule has 0 fully saturated rings. The van der Waals surface area contributed by atoms with E-state index in [1.807, 2.05) is 46.8 Å². The van der Waals surface area contributed by atoms with Gasteiger partial charge in [0.2, 0.25) is 17.7 Å². The average Bonchev–Trinajstić information content (AvgIpc) is 3.19. The van der Waals surface area contributed by atoms with E-state index in [0.717, 1.165) is 0 Å². The molecule has 32 heavy (non-hydrogen) atoms. The van der Waals surface area contributed by atoms with Gasteiger partial charge in [0.05, 0.1) is 17.1 Å². The molecule has 2 amide bonds. The van der Waals surface area contributed by atoms with Crippen molar-refractivity contribution < 1.29 is 14.0 Å². The summed E-state index contributed by atoms with van der Waals surface area (Å²) in [5.74, 6) is 0.276. The molecule has 0 bridgehead atoms. The third kappa shape index (κ3) is 5.53. The fourth-order valence-corrected chi connectivity index (χ4v) is 3.13. The summed E-state index contributed by atoms with van der Waals surface area (Å²) >= 11 is 6.21. The number of carbonyl (C=O) groups excluding carboxylic acids is 2. The van der Waals surface area contributed by atoms with Gasteiger partial charge in [0, 0.05) is 22.7 Å². The molecule has 168 valence electrons. The summed E-state index contributed by atoms with van der Waals surface area (Å²) in [5, 5.41) is 11.5. The highest BCUT2D eigenvalue weighted by Gasteiger charge is 2.24. The molecule has 8 heteroatoms. The molecule has 2 aromatic carbocycles. The van der Waals surface area contributed by atoms with Crippen LogP contribution >= 0.6 is 11.6 Å². The van der Waals surface area contributed by atoms with Crippen LogP contribution in [-0.4, -0.2) is 33.0 Å². The highest BCUT2D eigenvalue weighted by Crippen LogP contribution is 2.27. The van der Waals surface area contributed by atoms with Crippen LogP contribution in [0.4, 0.5) is 5.69 Å². The molecule has 0 aliphatic carbocycles. The Morgan fingerprint density at radius 3 is 2.47 bits per heavy atom. The van der Waals surface area contributed by atoms with Crippen LogP contribution in [0, 0.1) is 5.41 Å². The maximum absolute atomic E-state index is 13.3. The molecule has 7 nitrogen and oxygen atoms in total. The van der Waals surface area contributed by atoms with E-state index in [4.69, 9.17) is 16.0 Å². The molecule has 0 atom stereocenters. The van der Waals surface area contributed by atoms with Gasteiger partial charge in [0.25, 0.3) is 5.91 Å². The van der Waals surface area contributed by atoms with Crippen molar-refractivity contribution in [1.29, 1.82) is 0 Å². The standard InChI is InChI=1S/C24H27ClN4O3/c1-15(2)29(14-20-27-28-21(32-20)18-11-6-7-12-19(18)25)22(30)16-9-8-10-17(13-16)26-23(31)24(3,4)5/h6-13,15H,14H2,1-5H3,(H,26,31). The Morgan fingerprint density at radius 1 is 1.09 bits per heavy atom. The average molecular weight is 455 g/mol. The zero-order valence-corrected chi connectivity index (χ0v) is 19.6. The van der Waals surface area contributed by atoms with Gasteiger partial charge in [-0.05, 0) is 44.2 Å². The minimum Gasteiger partial charge on any atom is -0.419 e. The van der Waals surface area contributed by atoms with E-state index in [1.54, 1.807) is 41.3 Å². The molecule has 0 aliphatic heterocycles. The van der Waals surface area contributed by atoms with Crippen LogP contribution in [0.25, 0.3) is 11.5 Å². The van der Waals surface area contributed by atoms with Crippen LogP contribution < -0.4 is 5.32 Å². The van der Waals surface area contributed by atoms with Crippen LogP contribution in [0.5, 0.6) is 0 Å². The van der Waals surface area contributed by atoms with E-state index in [9.17, 15) is 9.59 Å². The molecule has 0 saturated heterocycles. The van der Waals surface area contributed by atoms with Crippen LogP contribution in [0.1, 0.15) is 50.9 Å². The van der Waals surface area contributed by atoms with E-state index in [-0.39, 0.29) is 24.4 Å². The number of rotatable bonds is 6. The SMILES string of the molecule is CC(C)N(Cc1nnc(-c2ccccc2Cl)o1)C(=O)c1cccc(NC(=O)C(C)(C)C)c1. The summed E-state index contributed by atoms with van der Waals surface area (Å²) in [7, 11) is 0. The number of benzene rings is 2. The largest absolute Gasteiger partial charge is 0.419 e. The van der Waals surface area contributed by atoms with E-state index in [1.165, 1.54) is 0 Å². The third-order valence-corrected chi connectivity index (χ3v) is 5.14. The number of hydrogen-bond acceptors (Lipinski definition) is 5. The summed E-state index contributed by atoms with van der Waals surface area (Å²) in [6.07, 6.45) is 0. The van der Waals surface area contributed by atoms with Gasteiger partial charge in [-0.15, -0.1) is 10.2 Å². The summed E-state index contributed by atoms with van der Waals surface area (Å²) in [6, 6.07) is 14.0. The number of hydrogen-bond donors (Lipinski definition) is 1. The first-order valence-corrected chi connectivity index (χ1v) is 10.7. The van der Waals surface area contributed by atoms with Crippen molar-refractivity contribution in [2.45, 2.75) is 47.2 Å². The molecule has 3 aromatic rings. The Hall–Kier alpha value is -3.19. The normalized spacial score (nSPS) is 11.5. The van der Waals surface area contributed by atoms with Crippen LogP contribution in [0.3, 0.4) is 0 Å². The second-order valence-electron chi connectivity index (χ2n) is 8.79. The smallest absolute Gasteiger partial charge is 0.254 e. The maximum atomic E-state index is 13.3. The molecule has 1 N–H and O–H groups in total. The fraction of sp³-hybridized carbons (Fsp3) is 0.333. The van der Waals surface area contributed by atoms with Gasteiger partial charge >= 0.3 is 0 Å². The predicted octanol–water partition coefficient (Wildman–Crippen LogP) is 5.43. The zero-order chi connectivity index (χ0) is 23.5. The number of anilines is 1. The summed E-state index contributed by atoms with van der Waals surface area (Å²) in [5.41, 5.74) is 1.12. The lowest BCUT2D eigenvalue weighted by Crippen LogP contribution is -2.36. The van der Waals surface area contributed by atoms with E-state index in [2.05, 4.69) is 15.5 Å². The first kappa shape index (κ1) is 23.5. The van der Waals surface area contributed by atoms with Gasteiger partial charge in [0.15, 0.2) is 0 Å². The van der Waals surface area contributed by atoms with Crippen molar-refractivity contribution >= 4 is 29.1 Å². The number of amides is 2. The number of carbonyl (C=O) groups is 2. The Labute approximate surface area is 192 Å². The molecule has 0 unspecified atom stereocenters. The Bertz CT molecular complexity index is 1120. The predicted molar refractivity (Wildman–Crippen MR) is 124 cm³/mol. The monoisotopic (exact) mass is 454 g/mol. The number of halogens is 1. The van der Waals surface area contributed by atoms with Crippen molar-refractivity contribution in [1.82, 2.24) is 15.1 Å². The molecule has 0 spiro atoms. The molecule has 0 radical (unpaired) electrons. The maximum Gasteiger partial charge on any atom is 0.254 e. The third-order valence-electron chi connectivity index (χ3n) is 4.81. The van der Waals surface area contributed by atoms with E-state index >= 15 is 0 Å². The molecule has 0 aliphatic rings. The number of nitrogens with one attached hydrogen (secondary N) is 1. The first-order valence-electron chi connectivity index (χ1n) is 10.4. The van der Waals surface area contributed by atoms with Gasteiger partial charge in [-0.2, -0.15) is 0 Å². The second-order valence-corrected chi connectivity index (χ2v) is 9.20. The Morgan fingerprint density at radius 2 is 1.81 bits per heavy atom. The lowest BCUT2D eigenvalue weighted by atomic mass is 9.95. The minimum atomic E-state index is -0.540. The van der Waals surface area contributed by atoms with Crippen molar-refractivity contribution in [3.05, 3.63) is 65.0 Å². The topological polar surface area (TPSA) is 88.3 Å². The van der Waals surface area contributed by atoms with Gasteiger partial charge in [-0.25, -0.2) is 0 Å². The van der Waals surface area contributed by atoms with E-state index < -0.39 is 5.41 Å². The van der Waals surface area contributed by atoms with Crippen LogP contribution in [0.15, 0.2) is 52.9 Å². The lowest BCUT2D eigenvalue weighted by molar-refractivity contribution is -0.123. The number of nitrogens with zero attached hydrogens (tertiary/aromatic N) is 3. The molecular formula is C24H27ClN4O3. The Balaban J connectivity index is 1.80. The van der Waals surface area contributed by atoms with Gasteiger partial charge in [-0.3, -0.25) is 9.59 Å². The van der Waals surface area contributed by atoms with Gasteiger partial charge in [0.1, 0.15) is 0 Å².